The molecule has 20 heteroatoms. The molecule has 0 saturated carbocycles. The van der Waals surface area contributed by atoms with Gasteiger partial charge in [0.05, 0.1) is 41.1 Å². The van der Waals surface area contributed by atoms with Crippen molar-refractivity contribution in [2.45, 2.75) is 149 Å². The Kier molecular flexibility index (Phi) is 16.1. The Balaban J connectivity index is 0.978. The molecule has 1 fully saturated rings. The van der Waals surface area contributed by atoms with E-state index in [1.165, 1.54) is 15.5 Å². The number of aryl methyl sites for hydroxylation is 1. The number of aromatic nitrogens is 2. The summed E-state index contributed by atoms with van der Waals surface area (Å²) in [5.41, 5.74) is 6.74. The lowest BCUT2D eigenvalue weighted by Gasteiger charge is -2.31. The zero-order valence-electron chi connectivity index (χ0n) is 41.1. The average molecular weight is 985 g/mol. The second kappa shape index (κ2) is 21.8. The van der Waals surface area contributed by atoms with Crippen LogP contribution in [0.5, 0.6) is 0 Å². The molecule has 4 aliphatic rings. The van der Waals surface area contributed by atoms with Crippen LogP contribution in [0.15, 0.2) is 16.9 Å². The predicted molar refractivity (Wildman–Crippen MR) is 256 cm³/mol. The number of benzene rings is 1. The number of nitrogens with two attached hydrogens (primary N) is 1. The molecule has 0 spiro atoms. The molecule has 3 aliphatic heterocycles. The number of imide groups is 1. The number of nitrogens with one attached hydrogen (secondary N) is 4. The maximum Gasteiger partial charge on any atom is 0.343 e. The number of carbonyl (C=O) groups excluding carboxylic acids is 8. The Morgan fingerprint density at radius 1 is 0.972 bits per heavy atom. The number of rotatable bonds is 22. The van der Waals surface area contributed by atoms with E-state index in [-0.39, 0.29) is 124 Å². The number of aliphatic hydroxyl groups is 1. The Labute approximate surface area is 410 Å². The van der Waals surface area contributed by atoms with E-state index in [4.69, 9.17) is 15.5 Å². The Hall–Kier alpha value is -6.57. The lowest BCUT2D eigenvalue weighted by Crippen LogP contribution is -2.46. The molecule has 1 aromatic carbocycles. The summed E-state index contributed by atoms with van der Waals surface area (Å²) in [7, 11) is 0. The number of esters is 1. The van der Waals surface area contributed by atoms with Crippen molar-refractivity contribution in [3.63, 3.8) is 0 Å². The number of likely N-dealkylation sites (tertiary alicyclic amines) is 1. The summed E-state index contributed by atoms with van der Waals surface area (Å²) in [6.07, 6.45) is 3.45. The van der Waals surface area contributed by atoms with E-state index >= 15 is 4.39 Å². The molecule has 1 saturated heterocycles. The van der Waals surface area contributed by atoms with Gasteiger partial charge in [-0.15, -0.1) is 0 Å². The number of Topliss-reactive ketones (excluding diaryl/α,β-unsaturated/α-hetero) is 1. The van der Waals surface area contributed by atoms with Crippen molar-refractivity contribution in [1.29, 1.82) is 0 Å². The second-order valence-electron chi connectivity index (χ2n) is 19.8. The number of urea groups is 1. The highest BCUT2D eigenvalue weighted by Gasteiger charge is 2.46. The molecule has 3 aromatic rings. The Bertz CT molecular complexity index is 2740. The third-order valence-electron chi connectivity index (χ3n) is 14.5. The number of cyclic esters (lactones) is 1. The van der Waals surface area contributed by atoms with Gasteiger partial charge >= 0.3 is 12.0 Å². The SMILES string of the molecule is CC[C@@]1(O)C(=O)OCc2c1cc1n(c2=O)Cc2c-1nc1cc(F)c(C)c3c1c2[C@@H](NC(=O)CCCNC(=O)[C@H](CCCNC(N)=O)CC(=O)[C@@H](NC(=O)CCCCCN1C(=O)CC(C)C1=O)C(C)C)CC3. The molecule has 19 nitrogen and oxygen atoms in total. The van der Waals surface area contributed by atoms with Crippen molar-refractivity contribution < 1.29 is 52.6 Å². The zero-order valence-corrected chi connectivity index (χ0v) is 41.1. The zero-order chi connectivity index (χ0) is 51.5. The summed E-state index contributed by atoms with van der Waals surface area (Å²) in [6, 6.07) is 0.786. The molecule has 5 atom stereocenters. The maximum atomic E-state index is 15.4. The molecule has 71 heavy (non-hydrogen) atoms. The van der Waals surface area contributed by atoms with Gasteiger partial charge in [-0.1, -0.05) is 34.1 Å². The number of halogens is 1. The fourth-order valence-electron chi connectivity index (χ4n) is 10.5. The third-order valence-corrected chi connectivity index (χ3v) is 14.5. The highest BCUT2D eigenvalue weighted by Crippen LogP contribution is 2.46. The molecule has 7 rings (SSSR count). The van der Waals surface area contributed by atoms with E-state index in [0.29, 0.717) is 84.1 Å². The topological polar surface area (TPSA) is 278 Å². The first kappa shape index (κ1) is 52.3. The Morgan fingerprint density at radius 2 is 1.70 bits per heavy atom. The lowest BCUT2D eigenvalue weighted by molar-refractivity contribution is -0.172. The summed E-state index contributed by atoms with van der Waals surface area (Å²) in [5, 5.41) is 23.4. The molecule has 0 bridgehead atoms. The van der Waals surface area contributed by atoms with Gasteiger partial charge in [-0.25, -0.2) is 19.0 Å². The standard InChI is InChI=1S/C51H65FN8O11/c1-6-51(70)33-22-37-45-31(24-60(37)48(67)32(33)25-71-49(51)68)43-35(16-15-30-28(5)34(52)23-36(57-45)42(30)43)56-39(62)14-11-17-54-46(65)29(12-10-18-55-50(53)69)21-38(61)44(26(2)3)58-40(63)13-8-7-9-19-59-41(64)20-27(4)47(59)66/h22-23,26-27,29,35,44,70H,6-21,24-25H2,1-5H3,(H,54,65)(H,56,62)(H,58,63)(H3,53,55,69)/t27?,29-,35+,44+,51+/m1/s1. The molecule has 5 heterocycles. The molecule has 0 radical (unpaired) electrons. The van der Waals surface area contributed by atoms with Gasteiger partial charge in [0, 0.05) is 79.7 Å². The van der Waals surface area contributed by atoms with Gasteiger partial charge in [0.25, 0.3) is 5.56 Å². The average Bonchev–Trinajstić information content (AvgIpc) is 3.81. The number of hydrogen-bond donors (Lipinski definition) is 6. The number of amides is 7. The van der Waals surface area contributed by atoms with Gasteiger partial charge in [0.2, 0.25) is 29.5 Å². The van der Waals surface area contributed by atoms with Crippen LogP contribution in [0.3, 0.4) is 0 Å². The molecule has 2 aromatic heterocycles. The molecular weight excluding hydrogens is 920 g/mol. The van der Waals surface area contributed by atoms with Crippen molar-refractivity contribution in [1.82, 2.24) is 35.7 Å². The number of pyridine rings is 2. The predicted octanol–water partition coefficient (Wildman–Crippen LogP) is 3.65. The van der Waals surface area contributed by atoms with E-state index < -0.39 is 52.9 Å². The molecule has 7 amide bonds. The minimum atomic E-state index is -2.04. The van der Waals surface area contributed by atoms with E-state index in [2.05, 4.69) is 21.3 Å². The van der Waals surface area contributed by atoms with E-state index in [0.717, 1.165) is 5.56 Å². The number of unbranched alkanes of at least 4 members (excludes halogenated alkanes) is 2. The van der Waals surface area contributed by atoms with Gasteiger partial charge < -0.3 is 41.4 Å². The number of ether oxygens (including phenoxy) is 1. The third kappa shape index (κ3) is 10.9. The van der Waals surface area contributed by atoms with Crippen molar-refractivity contribution >= 4 is 58.2 Å². The normalized spacial score (nSPS) is 19.7. The van der Waals surface area contributed by atoms with Gasteiger partial charge in [-0.05, 0) is 87.0 Å². The van der Waals surface area contributed by atoms with Crippen molar-refractivity contribution in [2.75, 3.05) is 19.6 Å². The second-order valence-corrected chi connectivity index (χ2v) is 19.8. The van der Waals surface area contributed by atoms with Gasteiger partial charge in [0.1, 0.15) is 12.4 Å². The number of hydrogen-bond acceptors (Lipinski definition) is 12. The van der Waals surface area contributed by atoms with Crippen molar-refractivity contribution in [3.05, 3.63) is 61.7 Å². The van der Waals surface area contributed by atoms with Crippen LogP contribution in [-0.2, 0) is 63.5 Å². The summed E-state index contributed by atoms with van der Waals surface area (Å²) < 4.78 is 22.2. The number of primary amides is 1. The molecule has 7 N–H and O–H groups in total. The fraction of sp³-hybridized carbons (Fsp3) is 0.569. The molecular formula is C51H65FN8O11. The number of carbonyl (C=O) groups is 8. The smallest absolute Gasteiger partial charge is 0.343 e. The minimum absolute atomic E-state index is 0.0137. The molecule has 1 aliphatic carbocycles. The van der Waals surface area contributed by atoms with Gasteiger partial charge in [-0.3, -0.25) is 38.5 Å². The van der Waals surface area contributed by atoms with Gasteiger partial charge in [0.15, 0.2) is 11.4 Å². The van der Waals surface area contributed by atoms with Crippen LogP contribution in [0, 0.1) is 30.5 Å². The van der Waals surface area contributed by atoms with E-state index in [1.54, 1.807) is 40.7 Å². The van der Waals surface area contributed by atoms with Crippen LogP contribution in [0.25, 0.3) is 22.3 Å². The Morgan fingerprint density at radius 3 is 2.39 bits per heavy atom. The van der Waals surface area contributed by atoms with E-state index in [1.807, 2.05) is 0 Å². The minimum Gasteiger partial charge on any atom is -0.458 e. The molecule has 1 unspecified atom stereocenters. The first-order chi connectivity index (χ1) is 33.7. The molecule has 382 valence electrons. The monoisotopic (exact) mass is 984 g/mol. The fourth-order valence-corrected chi connectivity index (χ4v) is 10.5. The number of fused-ring (bicyclic) bond motifs is 5. The van der Waals surface area contributed by atoms with Crippen molar-refractivity contribution in [3.8, 4) is 11.4 Å². The largest absolute Gasteiger partial charge is 0.458 e. The maximum absolute atomic E-state index is 15.4. The quantitative estimate of drug-likeness (QED) is 0.0374. The number of ketones is 1. The summed E-state index contributed by atoms with van der Waals surface area (Å²) in [5.74, 6) is -4.50. The van der Waals surface area contributed by atoms with Crippen LogP contribution < -0.4 is 32.6 Å². The highest BCUT2D eigenvalue weighted by atomic mass is 19.1. The summed E-state index contributed by atoms with van der Waals surface area (Å²) >= 11 is 0. The van der Waals surface area contributed by atoms with Crippen LogP contribution >= 0.6 is 0 Å². The van der Waals surface area contributed by atoms with Crippen molar-refractivity contribution in [2.24, 2.45) is 23.5 Å². The summed E-state index contributed by atoms with van der Waals surface area (Å²) in [6.45, 7) is 8.98. The van der Waals surface area contributed by atoms with Crippen LogP contribution in [0.4, 0.5) is 9.18 Å². The van der Waals surface area contributed by atoms with Gasteiger partial charge in [-0.2, -0.15) is 0 Å². The van der Waals surface area contributed by atoms with Crippen LogP contribution in [0.1, 0.15) is 144 Å². The first-order valence-electron chi connectivity index (χ1n) is 24.8. The van der Waals surface area contributed by atoms with Crippen LogP contribution in [-0.4, -0.2) is 92.6 Å². The lowest BCUT2D eigenvalue weighted by atomic mass is 9.81. The number of nitrogens with zero attached hydrogens (tertiary/aromatic N) is 3. The summed E-state index contributed by atoms with van der Waals surface area (Å²) in [4.78, 5) is 123. The van der Waals surface area contributed by atoms with E-state index in [9.17, 15) is 48.3 Å². The van der Waals surface area contributed by atoms with Crippen LogP contribution in [0.2, 0.25) is 0 Å². The first-order valence-corrected chi connectivity index (χ1v) is 24.8. The highest BCUT2D eigenvalue weighted by molar-refractivity contribution is 6.03.